The van der Waals surface area contributed by atoms with Gasteiger partial charge in [-0.1, -0.05) is 0 Å². The van der Waals surface area contributed by atoms with Crippen LogP contribution in [0.4, 0.5) is 0 Å². The van der Waals surface area contributed by atoms with Crippen molar-refractivity contribution >= 4 is 5.91 Å². The highest BCUT2D eigenvalue weighted by molar-refractivity contribution is 5.80. The molecule has 0 aliphatic carbocycles. The molecule has 1 N–H and O–H groups in total. The Morgan fingerprint density at radius 1 is 1.75 bits per heavy atom. The van der Waals surface area contributed by atoms with Crippen molar-refractivity contribution in [3.63, 3.8) is 0 Å². The molecule has 5 heteroatoms. The van der Waals surface area contributed by atoms with Gasteiger partial charge in [0.15, 0.2) is 0 Å². The second-order valence-corrected chi connectivity index (χ2v) is 2.60. The van der Waals surface area contributed by atoms with Crippen LogP contribution in [0, 0.1) is 0 Å². The number of hydroxylamine groups is 2. The molecule has 0 aromatic carbocycles. The maximum atomic E-state index is 11.4. The minimum atomic E-state index is -0.260. The molecule has 0 radical (unpaired) electrons. The topological polar surface area (TPSA) is 50.8 Å². The molecule has 1 heterocycles. The van der Waals surface area contributed by atoms with Crippen molar-refractivity contribution in [2.45, 2.75) is 6.04 Å². The Bertz CT molecular complexity index is 157. The van der Waals surface area contributed by atoms with Gasteiger partial charge >= 0.3 is 0 Å². The molecule has 0 spiro atoms. The average Bonchev–Trinajstić information content (AvgIpc) is 2.17. The van der Waals surface area contributed by atoms with E-state index in [-0.39, 0.29) is 11.9 Å². The third kappa shape index (κ3) is 2.17. The molecule has 0 aromatic rings. The van der Waals surface area contributed by atoms with Crippen LogP contribution in [0.25, 0.3) is 0 Å². The fourth-order valence-electron chi connectivity index (χ4n) is 1.03. The molecule has 0 unspecified atom stereocenters. The van der Waals surface area contributed by atoms with Gasteiger partial charge in [0.2, 0.25) is 0 Å². The van der Waals surface area contributed by atoms with E-state index < -0.39 is 0 Å². The second-order valence-electron chi connectivity index (χ2n) is 2.60. The first-order chi connectivity index (χ1) is 5.75. The molecule has 5 nitrogen and oxygen atoms in total. The van der Waals surface area contributed by atoms with E-state index in [1.165, 1.54) is 12.2 Å². The number of nitrogens with one attached hydrogen (secondary N) is 1. The lowest BCUT2D eigenvalue weighted by atomic mass is 10.2. The summed E-state index contributed by atoms with van der Waals surface area (Å²) in [5.41, 5.74) is 0. The lowest BCUT2D eigenvalue weighted by Crippen LogP contribution is -2.51. The second kappa shape index (κ2) is 4.39. The largest absolute Gasteiger partial charge is 0.378 e. The van der Waals surface area contributed by atoms with Crippen LogP contribution >= 0.6 is 0 Å². The van der Waals surface area contributed by atoms with Crippen molar-refractivity contribution in [1.29, 1.82) is 0 Å². The standard InChI is InChI=1S/C7H14N2O3/c1-9(11-2)7(10)6-5-12-4-3-8-6/h6,8H,3-5H2,1-2H3/t6-/m0/s1. The Morgan fingerprint density at radius 3 is 3.00 bits per heavy atom. The van der Waals surface area contributed by atoms with Crippen molar-refractivity contribution in [2.24, 2.45) is 0 Å². The zero-order valence-electron chi connectivity index (χ0n) is 7.37. The summed E-state index contributed by atoms with van der Waals surface area (Å²) in [6.45, 7) is 1.81. The van der Waals surface area contributed by atoms with Crippen LogP contribution in [-0.4, -0.2) is 50.9 Å². The van der Waals surface area contributed by atoms with Gasteiger partial charge in [0.25, 0.3) is 5.91 Å². The Kier molecular flexibility index (Phi) is 3.46. The average molecular weight is 174 g/mol. The third-order valence-electron chi connectivity index (χ3n) is 1.80. The van der Waals surface area contributed by atoms with E-state index in [0.29, 0.717) is 19.8 Å². The van der Waals surface area contributed by atoms with E-state index in [1.807, 2.05) is 0 Å². The van der Waals surface area contributed by atoms with E-state index in [1.54, 1.807) is 7.05 Å². The van der Waals surface area contributed by atoms with Gasteiger partial charge in [-0.15, -0.1) is 0 Å². The zero-order valence-corrected chi connectivity index (χ0v) is 7.37. The summed E-state index contributed by atoms with van der Waals surface area (Å²) in [6, 6.07) is -0.260. The van der Waals surface area contributed by atoms with Gasteiger partial charge in [-0.2, -0.15) is 0 Å². The van der Waals surface area contributed by atoms with E-state index in [4.69, 9.17) is 9.57 Å². The fraction of sp³-hybridized carbons (Fsp3) is 0.857. The minimum absolute atomic E-state index is 0.0998. The van der Waals surface area contributed by atoms with Crippen molar-refractivity contribution in [2.75, 3.05) is 33.9 Å². The van der Waals surface area contributed by atoms with Crippen LogP contribution in [0.1, 0.15) is 0 Å². The number of carbonyl (C=O) groups excluding carboxylic acids is 1. The molecule has 1 aliphatic heterocycles. The Labute approximate surface area is 71.6 Å². The summed E-state index contributed by atoms with van der Waals surface area (Å²) in [5, 5.41) is 4.24. The number of carbonyl (C=O) groups is 1. The molecule has 12 heavy (non-hydrogen) atoms. The van der Waals surface area contributed by atoms with Crippen molar-refractivity contribution < 1.29 is 14.4 Å². The van der Waals surface area contributed by atoms with Gasteiger partial charge < -0.3 is 10.1 Å². The summed E-state index contributed by atoms with van der Waals surface area (Å²) in [6.07, 6.45) is 0. The van der Waals surface area contributed by atoms with E-state index in [9.17, 15) is 4.79 Å². The van der Waals surface area contributed by atoms with Crippen LogP contribution in [0.5, 0.6) is 0 Å². The number of morpholine rings is 1. The molecule has 1 rings (SSSR count). The van der Waals surface area contributed by atoms with Crippen LogP contribution in [0.15, 0.2) is 0 Å². The van der Waals surface area contributed by atoms with Crippen LogP contribution in [0.2, 0.25) is 0 Å². The molecular weight excluding hydrogens is 160 g/mol. The highest BCUT2D eigenvalue weighted by atomic mass is 16.7. The predicted molar refractivity (Wildman–Crippen MR) is 42.4 cm³/mol. The molecule has 70 valence electrons. The lowest BCUT2D eigenvalue weighted by molar-refractivity contribution is -0.173. The van der Waals surface area contributed by atoms with Crippen LogP contribution in [0.3, 0.4) is 0 Å². The van der Waals surface area contributed by atoms with Gasteiger partial charge in [0, 0.05) is 13.6 Å². The fourth-order valence-corrected chi connectivity index (χ4v) is 1.03. The first kappa shape index (κ1) is 9.44. The number of ether oxygens (including phenoxy) is 1. The molecule has 1 atom stereocenters. The molecule has 1 aliphatic rings. The van der Waals surface area contributed by atoms with Gasteiger partial charge in [-0.25, -0.2) is 5.06 Å². The summed E-state index contributed by atoms with van der Waals surface area (Å²) >= 11 is 0. The minimum Gasteiger partial charge on any atom is -0.378 e. The molecule has 0 bridgehead atoms. The van der Waals surface area contributed by atoms with E-state index in [2.05, 4.69) is 5.32 Å². The lowest BCUT2D eigenvalue weighted by Gasteiger charge is -2.25. The van der Waals surface area contributed by atoms with Crippen molar-refractivity contribution in [3.8, 4) is 0 Å². The van der Waals surface area contributed by atoms with Gasteiger partial charge in [-0.3, -0.25) is 9.63 Å². The quantitative estimate of drug-likeness (QED) is 0.545. The Balaban J connectivity index is 2.39. The third-order valence-corrected chi connectivity index (χ3v) is 1.80. The number of rotatable bonds is 2. The summed E-state index contributed by atoms with van der Waals surface area (Å²) in [4.78, 5) is 16.1. The highest BCUT2D eigenvalue weighted by Crippen LogP contribution is 1.97. The van der Waals surface area contributed by atoms with E-state index >= 15 is 0 Å². The maximum absolute atomic E-state index is 11.4. The number of hydrogen-bond donors (Lipinski definition) is 1. The normalized spacial score (nSPS) is 23.7. The van der Waals surface area contributed by atoms with Gasteiger partial charge in [0.1, 0.15) is 6.04 Å². The molecule has 0 aromatic heterocycles. The summed E-state index contributed by atoms with van der Waals surface area (Å²) in [5.74, 6) is -0.0998. The zero-order chi connectivity index (χ0) is 8.97. The first-order valence-electron chi connectivity index (χ1n) is 3.88. The summed E-state index contributed by atoms with van der Waals surface area (Å²) in [7, 11) is 3.04. The predicted octanol–water partition coefficient (Wildman–Crippen LogP) is -1.01. The van der Waals surface area contributed by atoms with Crippen LogP contribution in [-0.2, 0) is 14.4 Å². The maximum Gasteiger partial charge on any atom is 0.265 e. The molecule has 1 fully saturated rings. The smallest absolute Gasteiger partial charge is 0.265 e. The monoisotopic (exact) mass is 174 g/mol. The molecule has 0 saturated carbocycles. The SMILES string of the molecule is CON(C)C(=O)[C@@H]1COCCN1. The summed E-state index contributed by atoms with van der Waals surface area (Å²) < 4.78 is 5.13. The molecular formula is C7H14N2O3. The van der Waals surface area contributed by atoms with E-state index in [0.717, 1.165) is 0 Å². The Morgan fingerprint density at radius 2 is 2.50 bits per heavy atom. The molecule has 1 amide bonds. The van der Waals surface area contributed by atoms with Gasteiger partial charge in [0.05, 0.1) is 20.3 Å². The highest BCUT2D eigenvalue weighted by Gasteiger charge is 2.24. The van der Waals surface area contributed by atoms with Crippen molar-refractivity contribution in [3.05, 3.63) is 0 Å². The number of hydrogen-bond acceptors (Lipinski definition) is 4. The number of likely N-dealkylation sites (N-methyl/N-ethyl adjacent to an activating group) is 1. The number of amides is 1. The van der Waals surface area contributed by atoms with Crippen molar-refractivity contribution in [1.82, 2.24) is 10.4 Å². The first-order valence-corrected chi connectivity index (χ1v) is 3.88. The molecule has 1 saturated heterocycles. The Hall–Kier alpha value is -0.650. The van der Waals surface area contributed by atoms with Gasteiger partial charge in [-0.05, 0) is 0 Å². The number of nitrogens with zero attached hydrogens (tertiary/aromatic N) is 1. The van der Waals surface area contributed by atoms with Crippen LogP contribution < -0.4 is 5.32 Å².